The highest BCUT2D eigenvalue weighted by molar-refractivity contribution is 5.58. The Morgan fingerprint density at radius 2 is 1.81 bits per heavy atom. The molecule has 0 aromatic heterocycles. The monoisotopic (exact) mass is 226 g/mol. The molecule has 0 amide bonds. The Morgan fingerprint density at radius 3 is 2.19 bits per heavy atom. The summed E-state index contributed by atoms with van der Waals surface area (Å²) >= 11 is 0. The van der Waals surface area contributed by atoms with Crippen LogP contribution in [0.1, 0.15) is 34.1 Å². The van der Waals surface area contributed by atoms with Gasteiger partial charge >= 0.3 is 0 Å². The minimum absolute atomic E-state index is 0.171. The number of hydrogen-bond donors (Lipinski definition) is 0. The normalized spacial score (nSPS) is 32.3. The molecule has 0 N–H and O–H groups in total. The molecular formula is C13H26N2O. The second-order valence-electron chi connectivity index (χ2n) is 5.68. The van der Waals surface area contributed by atoms with Gasteiger partial charge in [-0.2, -0.15) is 0 Å². The van der Waals surface area contributed by atoms with Crippen LogP contribution in [0.25, 0.3) is 0 Å². The predicted molar refractivity (Wildman–Crippen MR) is 67.6 cm³/mol. The van der Waals surface area contributed by atoms with Crippen molar-refractivity contribution in [2.75, 3.05) is 26.7 Å². The SMILES string of the molecule is CCC(C)(C=O)CN1CC(C)N(C)C(C)C1. The summed E-state index contributed by atoms with van der Waals surface area (Å²) in [5, 5.41) is 0. The van der Waals surface area contributed by atoms with E-state index >= 15 is 0 Å². The molecule has 1 aliphatic rings. The Kier molecular flexibility index (Phi) is 4.51. The summed E-state index contributed by atoms with van der Waals surface area (Å²) in [7, 11) is 2.19. The van der Waals surface area contributed by atoms with Crippen molar-refractivity contribution in [3.05, 3.63) is 0 Å². The van der Waals surface area contributed by atoms with Gasteiger partial charge in [0.15, 0.2) is 0 Å². The number of carbonyl (C=O) groups is 1. The number of rotatable bonds is 4. The van der Waals surface area contributed by atoms with Crippen LogP contribution in [-0.2, 0) is 4.79 Å². The molecule has 3 unspecified atom stereocenters. The van der Waals surface area contributed by atoms with Gasteiger partial charge in [0, 0.05) is 37.1 Å². The molecule has 1 fully saturated rings. The zero-order valence-corrected chi connectivity index (χ0v) is 11.4. The van der Waals surface area contributed by atoms with Crippen molar-refractivity contribution in [1.29, 1.82) is 0 Å². The van der Waals surface area contributed by atoms with Gasteiger partial charge in [-0.05, 0) is 27.3 Å². The molecule has 0 spiro atoms. The Balaban J connectivity index is 2.59. The molecule has 1 heterocycles. The maximum absolute atomic E-state index is 11.1. The summed E-state index contributed by atoms with van der Waals surface area (Å²) in [5.74, 6) is 0. The van der Waals surface area contributed by atoms with Crippen molar-refractivity contribution in [3.63, 3.8) is 0 Å². The highest BCUT2D eigenvalue weighted by atomic mass is 16.1. The number of hydrogen-bond acceptors (Lipinski definition) is 3. The van der Waals surface area contributed by atoms with Gasteiger partial charge in [0.05, 0.1) is 0 Å². The third kappa shape index (κ3) is 3.05. The molecule has 0 saturated carbocycles. The van der Waals surface area contributed by atoms with E-state index in [0.29, 0.717) is 12.1 Å². The van der Waals surface area contributed by atoms with Crippen molar-refractivity contribution in [2.24, 2.45) is 5.41 Å². The van der Waals surface area contributed by atoms with Gasteiger partial charge in [-0.1, -0.05) is 13.8 Å². The fraction of sp³-hybridized carbons (Fsp3) is 0.923. The van der Waals surface area contributed by atoms with Crippen molar-refractivity contribution in [1.82, 2.24) is 9.80 Å². The molecule has 0 aromatic carbocycles. The van der Waals surface area contributed by atoms with Gasteiger partial charge in [0.2, 0.25) is 0 Å². The fourth-order valence-corrected chi connectivity index (χ4v) is 2.39. The van der Waals surface area contributed by atoms with E-state index in [9.17, 15) is 4.79 Å². The van der Waals surface area contributed by atoms with Crippen LogP contribution in [0.15, 0.2) is 0 Å². The lowest BCUT2D eigenvalue weighted by Crippen LogP contribution is -2.56. The molecule has 3 atom stereocenters. The van der Waals surface area contributed by atoms with E-state index in [1.165, 1.54) is 0 Å². The standard InChI is InChI=1S/C13H26N2O/c1-6-13(4,10-16)9-15-7-11(2)14(5)12(3)8-15/h10-12H,6-9H2,1-5H3. The van der Waals surface area contributed by atoms with Crippen molar-refractivity contribution >= 4 is 6.29 Å². The molecule has 0 radical (unpaired) electrons. The number of nitrogens with zero attached hydrogens (tertiary/aromatic N) is 2. The molecule has 1 saturated heterocycles. The molecule has 0 aromatic rings. The predicted octanol–water partition coefficient (Wildman–Crippen LogP) is 1.63. The van der Waals surface area contributed by atoms with E-state index in [1.54, 1.807) is 0 Å². The van der Waals surface area contributed by atoms with Crippen LogP contribution in [-0.4, -0.2) is 54.9 Å². The molecule has 1 rings (SSSR count). The highest BCUT2D eigenvalue weighted by Crippen LogP contribution is 2.22. The molecule has 94 valence electrons. The zero-order chi connectivity index (χ0) is 12.3. The summed E-state index contributed by atoms with van der Waals surface area (Å²) in [6.45, 7) is 11.7. The summed E-state index contributed by atoms with van der Waals surface area (Å²) in [6, 6.07) is 1.16. The third-order valence-electron chi connectivity index (χ3n) is 4.11. The molecule has 3 nitrogen and oxygen atoms in total. The first kappa shape index (κ1) is 13.7. The first-order valence-electron chi connectivity index (χ1n) is 6.32. The van der Waals surface area contributed by atoms with E-state index in [2.05, 4.69) is 44.5 Å². The minimum atomic E-state index is -0.171. The van der Waals surface area contributed by atoms with Crippen LogP contribution < -0.4 is 0 Å². The van der Waals surface area contributed by atoms with Gasteiger partial charge < -0.3 is 4.79 Å². The fourth-order valence-electron chi connectivity index (χ4n) is 2.39. The van der Waals surface area contributed by atoms with Gasteiger partial charge in [0.1, 0.15) is 6.29 Å². The molecule has 16 heavy (non-hydrogen) atoms. The molecule has 0 bridgehead atoms. The van der Waals surface area contributed by atoms with Crippen LogP contribution in [0, 0.1) is 5.41 Å². The van der Waals surface area contributed by atoms with Gasteiger partial charge in [0.25, 0.3) is 0 Å². The maximum Gasteiger partial charge on any atom is 0.127 e. The minimum Gasteiger partial charge on any atom is -0.303 e. The lowest BCUT2D eigenvalue weighted by atomic mass is 9.88. The largest absolute Gasteiger partial charge is 0.303 e. The quantitative estimate of drug-likeness (QED) is 0.681. The lowest BCUT2D eigenvalue weighted by molar-refractivity contribution is -0.117. The molecule has 1 aliphatic heterocycles. The summed E-state index contributed by atoms with van der Waals surface area (Å²) in [5.41, 5.74) is -0.171. The molecular weight excluding hydrogens is 200 g/mol. The second kappa shape index (κ2) is 5.28. The summed E-state index contributed by atoms with van der Waals surface area (Å²) in [6.07, 6.45) is 2.05. The van der Waals surface area contributed by atoms with Gasteiger partial charge in [-0.15, -0.1) is 0 Å². The number of carbonyl (C=O) groups excluding carboxylic acids is 1. The third-order valence-corrected chi connectivity index (χ3v) is 4.11. The van der Waals surface area contributed by atoms with Crippen LogP contribution in [0.3, 0.4) is 0 Å². The second-order valence-corrected chi connectivity index (χ2v) is 5.68. The Bertz CT molecular complexity index is 232. The Labute approximate surface area is 99.8 Å². The highest BCUT2D eigenvalue weighted by Gasteiger charge is 2.31. The molecule has 3 heteroatoms. The first-order chi connectivity index (χ1) is 7.41. The Hall–Kier alpha value is -0.410. The van der Waals surface area contributed by atoms with E-state index < -0.39 is 0 Å². The van der Waals surface area contributed by atoms with Crippen LogP contribution >= 0.6 is 0 Å². The average molecular weight is 226 g/mol. The van der Waals surface area contributed by atoms with Crippen LogP contribution in [0.4, 0.5) is 0 Å². The van der Waals surface area contributed by atoms with Gasteiger partial charge in [-0.3, -0.25) is 9.80 Å². The van der Waals surface area contributed by atoms with E-state index in [1.807, 2.05) is 0 Å². The number of aldehydes is 1. The smallest absolute Gasteiger partial charge is 0.127 e. The topological polar surface area (TPSA) is 23.6 Å². The van der Waals surface area contributed by atoms with Crippen molar-refractivity contribution in [2.45, 2.75) is 46.2 Å². The average Bonchev–Trinajstić information content (AvgIpc) is 2.25. The van der Waals surface area contributed by atoms with Crippen molar-refractivity contribution < 1.29 is 4.79 Å². The lowest BCUT2D eigenvalue weighted by Gasteiger charge is -2.44. The number of likely N-dealkylation sites (N-methyl/N-ethyl adjacent to an activating group) is 1. The van der Waals surface area contributed by atoms with Crippen LogP contribution in [0.5, 0.6) is 0 Å². The first-order valence-corrected chi connectivity index (χ1v) is 6.32. The van der Waals surface area contributed by atoms with E-state index in [4.69, 9.17) is 0 Å². The van der Waals surface area contributed by atoms with E-state index in [0.717, 1.165) is 32.3 Å². The Morgan fingerprint density at radius 1 is 1.31 bits per heavy atom. The van der Waals surface area contributed by atoms with Gasteiger partial charge in [-0.25, -0.2) is 0 Å². The summed E-state index contributed by atoms with van der Waals surface area (Å²) in [4.78, 5) is 16.0. The van der Waals surface area contributed by atoms with Crippen LogP contribution in [0.2, 0.25) is 0 Å². The maximum atomic E-state index is 11.1. The molecule has 0 aliphatic carbocycles. The zero-order valence-electron chi connectivity index (χ0n) is 11.4. The number of piperazine rings is 1. The van der Waals surface area contributed by atoms with Crippen molar-refractivity contribution in [3.8, 4) is 0 Å². The van der Waals surface area contributed by atoms with E-state index in [-0.39, 0.29) is 5.41 Å². The summed E-state index contributed by atoms with van der Waals surface area (Å²) < 4.78 is 0.